The van der Waals surface area contributed by atoms with Gasteiger partial charge in [0.05, 0.1) is 15.1 Å². The molecule has 34 heavy (non-hydrogen) atoms. The zero-order valence-electron chi connectivity index (χ0n) is 18.0. The van der Waals surface area contributed by atoms with Gasteiger partial charge in [0.1, 0.15) is 6.54 Å². The Hall–Kier alpha value is -1.25. The molecule has 4 nitrogen and oxygen atoms in total. The Labute approximate surface area is 224 Å². The smallest absolute Gasteiger partial charge is 0.308 e. The molecule has 3 aliphatic rings. The number of carbonyl (C=O) groups is 1. The Balaban J connectivity index is 1.36. The molecule has 2 saturated carbocycles. The van der Waals surface area contributed by atoms with E-state index in [1.54, 1.807) is 22.8 Å². The van der Waals surface area contributed by atoms with Crippen molar-refractivity contribution in [2.45, 2.75) is 42.0 Å². The number of rotatable bonds is 4. The number of hydrogen-bond acceptors (Lipinski definition) is 4. The first kappa shape index (κ1) is 23.2. The van der Waals surface area contributed by atoms with E-state index in [-0.39, 0.29) is 23.2 Å². The molecule has 0 unspecified atom stereocenters. The number of aromatic nitrogens is 1. The number of amides is 1. The van der Waals surface area contributed by atoms with Gasteiger partial charge in [-0.05, 0) is 72.9 Å². The SMILES string of the molecule is O=C(Cn1c2c(sc1=O)[C@@H](c1cccc(Br)c1)[C@@H]1[C@H]3CC[C@@H](C3)[C@H]1S2)Nc1ccc(Cl)c(Cl)c1. The number of hydrogen-bond donors (Lipinski definition) is 1. The molecule has 176 valence electrons. The molecule has 1 aliphatic heterocycles. The summed E-state index contributed by atoms with van der Waals surface area (Å²) >= 11 is 18.8. The van der Waals surface area contributed by atoms with E-state index >= 15 is 0 Å². The highest BCUT2D eigenvalue weighted by Gasteiger charge is 2.55. The lowest BCUT2D eigenvalue weighted by atomic mass is 9.75. The van der Waals surface area contributed by atoms with Gasteiger partial charge in [-0.15, -0.1) is 11.8 Å². The lowest BCUT2D eigenvalue weighted by Crippen LogP contribution is -2.34. The molecular weight excluding hydrogens is 575 g/mol. The van der Waals surface area contributed by atoms with Crippen molar-refractivity contribution < 1.29 is 4.79 Å². The van der Waals surface area contributed by atoms with Gasteiger partial charge in [-0.25, -0.2) is 0 Å². The lowest BCUT2D eigenvalue weighted by Gasteiger charge is -2.40. The van der Waals surface area contributed by atoms with Gasteiger partial charge >= 0.3 is 4.87 Å². The summed E-state index contributed by atoms with van der Waals surface area (Å²) in [5, 5.41) is 5.12. The van der Waals surface area contributed by atoms with E-state index in [0.29, 0.717) is 38.7 Å². The van der Waals surface area contributed by atoms with E-state index in [9.17, 15) is 9.59 Å². The normalized spacial score (nSPS) is 26.9. The average Bonchev–Trinajstić information content (AvgIpc) is 3.49. The van der Waals surface area contributed by atoms with Gasteiger partial charge in [0.25, 0.3) is 0 Å². The zero-order chi connectivity index (χ0) is 23.6. The third-order valence-electron chi connectivity index (χ3n) is 7.40. The molecule has 9 heteroatoms. The fraction of sp³-hybridized carbons (Fsp3) is 0.360. The van der Waals surface area contributed by atoms with Gasteiger partial charge in [0, 0.05) is 26.2 Å². The van der Waals surface area contributed by atoms with Gasteiger partial charge in [0.15, 0.2) is 0 Å². The van der Waals surface area contributed by atoms with E-state index in [1.165, 1.54) is 36.2 Å². The maximum Gasteiger partial charge on any atom is 0.308 e. The number of carbonyl (C=O) groups excluding carboxylic acids is 1. The van der Waals surface area contributed by atoms with E-state index < -0.39 is 0 Å². The fourth-order valence-corrected chi connectivity index (χ4v) is 9.94. The Morgan fingerprint density at radius 3 is 2.74 bits per heavy atom. The van der Waals surface area contributed by atoms with Crippen LogP contribution in [-0.2, 0) is 11.3 Å². The van der Waals surface area contributed by atoms with Crippen LogP contribution in [0.15, 0.2) is 56.8 Å². The fourth-order valence-electron chi connectivity index (χ4n) is 6.08. The quantitative estimate of drug-likeness (QED) is 0.345. The van der Waals surface area contributed by atoms with Crippen molar-refractivity contribution >= 4 is 73.8 Å². The van der Waals surface area contributed by atoms with Crippen molar-refractivity contribution in [1.82, 2.24) is 4.57 Å². The topological polar surface area (TPSA) is 51.1 Å². The number of benzene rings is 2. The average molecular weight is 596 g/mol. The molecule has 2 heterocycles. The molecule has 0 radical (unpaired) electrons. The van der Waals surface area contributed by atoms with Crippen LogP contribution < -0.4 is 10.2 Å². The third-order valence-corrected chi connectivity index (χ3v) is 11.5. The minimum Gasteiger partial charge on any atom is -0.324 e. The van der Waals surface area contributed by atoms with Crippen LogP contribution in [-0.4, -0.2) is 15.7 Å². The van der Waals surface area contributed by atoms with E-state index in [1.807, 2.05) is 17.8 Å². The van der Waals surface area contributed by atoms with Gasteiger partial charge in [0.2, 0.25) is 5.91 Å². The number of thioether (sulfide) groups is 1. The Morgan fingerprint density at radius 2 is 1.94 bits per heavy atom. The van der Waals surface area contributed by atoms with Crippen molar-refractivity contribution in [2.75, 3.05) is 5.32 Å². The summed E-state index contributed by atoms with van der Waals surface area (Å²) in [6.07, 6.45) is 3.84. The van der Waals surface area contributed by atoms with Crippen molar-refractivity contribution in [1.29, 1.82) is 0 Å². The third kappa shape index (κ3) is 3.97. The first-order valence-electron chi connectivity index (χ1n) is 11.3. The first-order valence-corrected chi connectivity index (χ1v) is 14.5. The van der Waals surface area contributed by atoms with Crippen molar-refractivity contribution in [3.8, 4) is 0 Å². The van der Waals surface area contributed by atoms with Crippen LogP contribution >= 0.6 is 62.2 Å². The summed E-state index contributed by atoms with van der Waals surface area (Å²) in [6, 6.07) is 13.5. The Morgan fingerprint density at radius 1 is 1.12 bits per heavy atom. The summed E-state index contributed by atoms with van der Waals surface area (Å²) in [6.45, 7) is -0.0192. The van der Waals surface area contributed by atoms with Crippen molar-refractivity contribution in [2.24, 2.45) is 17.8 Å². The highest BCUT2D eigenvalue weighted by molar-refractivity contribution is 9.10. The van der Waals surface area contributed by atoms with Crippen LogP contribution in [0.5, 0.6) is 0 Å². The molecule has 6 rings (SSSR count). The van der Waals surface area contributed by atoms with Gasteiger partial charge < -0.3 is 5.32 Å². The second kappa shape index (κ2) is 9.00. The number of thiazole rings is 1. The van der Waals surface area contributed by atoms with Crippen LogP contribution in [0.25, 0.3) is 0 Å². The van der Waals surface area contributed by atoms with Crippen molar-refractivity contribution in [3.05, 3.63) is 77.1 Å². The van der Waals surface area contributed by atoms with Crippen LogP contribution in [0.3, 0.4) is 0 Å². The van der Waals surface area contributed by atoms with Gasteiger partial charge in [-0.2, -0.15) is 0 Å². The number of nitrogens with zero attached hydrogens (tertiary/aromatic N) is 1. The molecule has 2 fully saturated rings. The number of halogens is 3. The van der Waals surface area contributed by atoms with Crippen LogP contribution in [0, 0.1) is 17.8 Å². The molecule has 0 saturated heterocycles. The van der Waals surface area contributed by atoms with E-state index in [2.05, 4.69) is 39.4 Å². The molecule has 0 spiro atoms. The van der Waals surface area contributed by atoms with Crippen molar-refractivity contribution in [3.63, 3.8) is 0 Å². The van der Waals surface area contributed by atoms with Crippen LogP contribution in [0.1, 0.15) is 35.6 Å². The monoisotopic (exact) mass is 594 g/mol. The molecule has 1 amide bonds. The predicted octanol–water partition coefficient (Wildman–Crippen LogP) is 7.27. The molecule has 5 atom stereocenters. The molecule has 2 aromatic carbocycles. The second-order valence-electron chi connectivity index (χ2n) is 9.33. The molecule has 2 aliphatic carbocycles. The summed E-state index contributed by atoms with van der Waals surface area (Å²) in [5.74, 6) is 1.89. The summed E-state index contributed by atoms with van der Waals surface area (Å²) < 4.78 is 2.72. The maximum atomic E-state index is 13.2. The molecule has 1 aromatic heterocycles. The summed E-state index contributed by atoms with van der Waals surface area (Å²) in [5.41, 5.74) is 1.82. The highest BCUT2D eigenvalue weighted by atomic mass is 79.9. The number of nitrogens with one attached hydrogen (secondary N) is 1. The summed E-state index contributed by atoms with van der Waals surface area (Å²) in [7, 11) is 0. The minimum absolute atomic E-state index is 0.0192. The minimum atomic E-state index is -0.254. The molecular formula is C25H21BrCl2N2O2S2. The highest BCUT2D eigenvalue weighted by Crippen LogP contribution is 2.64. The zero-order valence-corrected chi connectivity index (χ0v) is 22.7. The lowest BCUT2D eigenvalue weighted by molar-refractivity contribution is -0.116. The van der Waals surface area contributed by atoms with E-state index in [4.69, 9.17) is 23.2 Å². The first-order chi connectivity index (χ1) is 16.4. The van der Waals surface area contributed by atoms with Crippen LogP contribution in [0.4, 0.5) is 5.69 Å². The predicted molar refractivity (Wildman–Crippen MR) is 144 cm³/mol. The maximum absolute atomic E-state index is 13.2. The standard InChI is InChI=1S/C25H21BrCl2N2O2S2/c26-15-3-1-2-12(9-15)21-20-13-4-5-14(8-13)22(20)33-24-23(21)34-25(32)30(24)11-19(31)29-16-6-7-17(27)18(28)10-16/h1-3,6-7,9-10,13-14,20-22H,4-5,8,11H2,(H,29,31)/t13-,14-,20-,21-,22+/m0/s1. The second-order valence-corrected chi connectivity index (χ2v) is 13.2. The largest absolute Gasteiger partial charge is 0.324 e. The Bertz CT molecular complexity index is 1360. The molecule has 3 aromatic rings. The Kier molecular flexibility index (Phi) is 6.13. The van der Waals surface area contributed by atoms with Gasteiger partial charge in [-0.1, -0.05) is 62.6 Å². The molecule has 1 N–H and O–H groups in total. The van der Waals surface area contributed by atoms with Gasteiger partial charge in [-0.3, -0.25) is 14.2 Å². The number of anilines is 1. The van der Waals surface area contributed by atoms with Crippen LogP contribution in [0.2, 0.25) is 10.0 Å². The van der Waals surface area contributed by atoms with E-state index in [0.717, 1.165) is 14.4 Å². The number of fused-ring (bicyclic) bond motifs is 6. The molecule has 2 bridgehead atoms. The summed E-state index contributed by atoms with van der Waals surface area (Å²) in [4.78, 5) is 27.1.